The van der Waals surface area contributed by atoms with Gasteiger partial charge in [0, 0.05) is 23.1 Å². The molecule has 2 aromatic carbocycles. The molecule has 0 radical (unpaired) electrons. The Morgan fingerprint density at radius 1 is 1.22 bits per heavy atom. The van der Waals surface area contributed by atoms with Gasteiger partial charge in [0.2, 0.25) is 0 Å². The highest BCUT2D eigenvalue weighted by molar-refractivity contribution is 5.94. The number of aryl methyl sites for hydroxylation is 1. The third kappa shape index (κ3) is 3.42. The van der Waals surface area contributed by atoms with Crippen LogP contribution in [0.2, 0.25) is 0 Å². The number of carbonyl (C=O) groups is 1. The van der Waals surface area contributed by atoms with Gasteiger partial charge in [-0.25, -0.2) is 4.39 Å². The van der Waals surface area contributed by atoms with E-state index in [1.54, 1.807) is 36.4 Å². The number of nitrogens with one attached hydrogen (secondary N) is 1. The van der Waals surface area contributed by atoms with Crippen LogP contribution in [-0.2, 0) is 0 Å². The summed E-state index contributed by atoms with van der Waals surface area (Å²) in [5.41, 5.74) is 2.70. The molecule has 0 heterocycles. The normalized spacial score (nSPS) is 15.3. The van der Waals surface area contributed by atoms with Gasteiger partial charge >= 0.3 is 0 Å². The van der Waals surface area contributed by atoms with Crippen LogP contribution in [-0.4, -0.2) is 24.2 Å². The molecule has 0 aliphatic heterocycles. The predicted octanol–water partition coefficient (Wildman–Crippen LogP) is 3.30. The molecule has 1 saturated carbocycles. The molecule has 0 unspecified atom stereocenters. The predicted molar refractivity (Wildman–Crippen MR) is 87.7 cm³/mol. The maximum Gasteiger partial charge on any atom is 0.251 e. The minimum Gasteiger partial charge on any atom is -0.396 e. The Hall–Kier alpha value is -2.20. The van der Waals surface area contributed by atoms with Crippen LogP contribution in [0.25, 0.3) is 11.1 Å². The van der Waals surface area contributed by atoms with Crippen molar-refractivity contribution < 1.29 is 14.3 Å². The number of carbonyl (C=O) groups excluding carboxylic acids is 1. The van der Waals surface area contributed by atoms with Crippen LogP contribution in [0, 0.1) is 18.2 Å². The number of aliphatic hydroxyl groups excluding tert-OH is 1. The van der Waals surface area contributed by atoms with Gasteiger partial charge in [0.25, 0.3) is 5.91 Å². The molecule has 0 spiro atoms. The molecule has 0 aromatic heterocycles. The number of benzene rings is 2. The Morgan fingerprint density at radius 2 is 1.91 bits per heavy atom. The number of aliphatic hydroxyl groups is 1. The van der Waals surface area contributed by atoms with Crippen molar-refractivity contribution in [3.63, 3.8) is 0 Å². The summed E-state index contributed by atoms with van der Waals surface area (Å²) in [6, 6.07) is 11.9. The van der Waals surface area contributed by atoms with Crippen LogP contribution in [0.1, 0.15) is 28.8 Å². The number of halogens is 1. The lowest BCUT2D eigenvalue weighted by Gasteiger charge is -2.13. The zero-order valence-electron chi connectivity index (χ0n) is 13.1. The summed E-state index contributed by atoms with van der Waals surface area (Å²) < 4.78 is 13.9. The van der Waals surface area contributed by atoms with Crippen molar-refractivity contribution in [2.75, 3.05) is 13.2 Å². The molecule has 0 saturated heterocycles. The molecular formula is C19H20FNO2. The van der Waals surface area contributed by atoms with E-state index in [9.17, 15) is 14.3 Å². The first-order valence-corrected chi connectivity index (χ1v) is 7.79. The summed E-state index contributed by atoms with van der Waals surface area (Å²) in [7, 11) is 0. The third-order valence-corrected chi connectivity index (χ3v) is 4.50. The van der Waals surface area contributed by atoms with Crippen molar-refractivity contribution in [3.8, 4) is 11.1 Å². The van der Waals surface area contributed by atoms with Crippen LogP contribution < -0.4 is 5.32 Å². The molecule has 2 N–H and O–H groups in total. The van der Waals surface area contributed by atoms with E-state index < -0.39 is 0 Å². The molecule has 3 rings (SSSR count). The van der Waals surface area contributed by atoms with Crippen molar-refractivity contribution in [3.05, 3.63) is 59.4 Å². The number of amides is 1. The van der Waals surface area contributed by atoms with E-state index in [0.29, 0.717) is 17.7 Å². The fraction of sp³-hybridized carbons (Fsp3) is 0.316. The lowest BCUT2D eigenvalue weighted by atomic mass is 10.0. The zero-order valence-corrected chi connectivity index (χ0v) is 13.1. The Morgan fingerprint density at radius 3 is 2.52 bits per heavy atom. The first-order chi connectivity index (χ1) is 11.0. The molecule has 1 amide bonds. The average molecular weight is 313 g/mol. The van der Waals surface area contributed by atoms with E-state index in [1.807, 2.05) is 6.92 Å². The molecule has 23 heavy (non-hydrogen) atoms. The molecule has 2 aromatic rings. The molecule has 1 aliphatic rings. The van der Waals surface area contributed by atoms with Gasteiger partial charge in [-0.1, -0.05) is 23.8 Å². The van der Waals surface area contributed by atoms with E-state index >= 15 is 0 Å². The number of rotatable bonds is 5. The lowest BCUT2D eigenvalue weighted by Crippen LogP contribution is -2.31. The quantitative estimate of drug-likeness (QED) is 0.890. The van der Waals surface area contributed by atoms with Gasteiger partial charge in [-0.05, 0) is 49.6 Å². The van der Waals surface area contributed by atoms with Crippen LogP contribution in [0.3, 0.4) is 0 Å². The topological polar surface area (TPSA) is 49.3 Å². The summed E-state index contributed by atoms with van der Waals surface area (Å²) in [5.74, 6) is -0.438. The molecule has 0 atom stereocenters. The van der Waals surface area contributed by atoms with E-state index in [-0.39, 0.29) is 23.7 Å². The molecule has 1 fully saturated rings. The van der Waals surface area contributed by atoms with Gasteiger partial charge in [0.1, 0.15) is 5.82 Å². The summed E-state index contributed by atoms with van der Waals surface area (Å²) in [5, 5.41) is 12.1. The summed E-state index contributed by atoms with van der Waals surface area (Å²) >= 11 is 0. The second-order valence-corrected chi connectivity index (χ2v) is 6.40. The standard InChI is InChI=1S/C19H20FNO2/c1-13-2-7-17(20)16(10-13)14-3-5-15(6-4-14)18(23)21-11-19(12-22)8-9-19/h2-7,10,22H,8-9,11-12H2,1H3,(H,21,23). The van der Waals surface area contributed by atoms with E-state index in [4.69, 9.17) is 0 Å². The van der Waals surface area contributed by atoms with Gasteiger partial charge in [-0.3, -0.25) is 4.79 Å². The van der Waals surface area contributed by atoms with E-state index in [0.717, 1.165) is 24.0 Å². The van der Waals surface area contributed by atoms with Gasteiger partial charge in [-0.15, -0.1) is 0 Å². The monoisotopic (exact) mass is 313 g/mol. The Kier molecular flexibility index (Phi) is 4.18. The first kappa shape index (κ1) is 15.7. The minimum atomic E-state index is -0.272. The SMILES string of the molecule is Cc1ccc(F)c(-c2ccc(C(=O)NCC3(CO)CC3)cc2)c1. The summed E-state index contributed by atoms with van der Waals surface area (Å²) in [6.45, 7) is 2.52. The lowest BCUT2D eigenvalue weighted by molar-refractivity contribution is 0.0935. The van der Waals surface area contributed by atoms with Gasteiger partial charge in [-0.2, -0.15) is 0 Å². The highest BCUT2D eigenvalue weighted by atomic mass is 19.1. The molecular weight excluding hydrogens is 293 g/mol. The highest BCUT2D eigenvalue weighted by Gasteiger charge is 2.42. The Bertz CT molecular complexity index is 721. The van der Waals surface area contributed by atoms with E-state index in [2.05, 4.69) is 5.32 Å². The molecule has 0 bridgehead atoms. The van der Waals surface area contributed by atoms with Crippen molar-refractivity contribution in [2.45, 2.75) is 19.8 Å². The van der Waals surface area contributed by atoms with Gasteiger partial charge in [0.15, 0.2) is 0 Å². The van der Waals surface area contributed by atoms with Gasteiger partial charge in [0.05, 0.1) is 6.61 Å². The van der Waals surface area contributed by atoms with Crippen molar-refractivity contribution >= 4 is 5.91 Å². The smallest absolute Gasteiger partial charge is 0.251 e. The fourth-order valence-corrected chi connectivity index (χ4v) is 2.60. The molecule has 120 valence electrons. The first-order valence-electron chi connectivity index (χ1n) is 7.79. The second-order valence-electron chi connectivity index (χ2n) is 6.40. The Labute approximate surface area is 135 Å². The van der Waals surface area contributed by atoms with E-state index in [1.165, 1.54) is 6.07 Å². The zero-order chi connectivity index (χ0) is 16.4. The summed E-state index contributed by atoms with van der Waals surface area (Å²) in [6.07, 6.45) is 1.91. The minimum absolute atomic E-state index is 0.110. The van der Waals surface area contributed by atoms with Crippen molar-refractivity contribution in [2.24, 2.45) is 5.41 Å². The largest absolute Gasteiger partial charge is 0.396 e. The second kappa shape index (κ2) is 6.13. The average Bonchev–Trinajstić information content (AvgIpc) is 3.36. The fourth-order valence-electron chi connectivity index (χ4n) is 2.60. The van der Waals surface area contributed by atoms with Crippen molar-refractivity contribution in [1.29, 1.82) is 0 Å². The Balaban J connectivity index is 1.71. The van der Waals surface area contributed by atoms with Crippen LogP contribution in [0.5, 0.6) is 0 Å². The maximum absolute atomic E-state index is 13.9. The highest BCUT2D eigenvalue weighted by Crippen LogP contribution is 2.44. The van der Waals surface area contributed by atoms with Crippen molar-refractivity contribution in [1.82, 2.24) is 5.32 Å². The molecule has 4 heteroatoms. The molecule has 3 nitrogen and oxygen atoms in total. The number of hydrogen-bond acceptors (Lipinski definition) is 2. The summed E-state index contributed by atoms with van der Waals surface area (Å²) in [4.78, 5) is 12.1. The van der Waals surface area contributed by atoms with Crippen LogP contribution in [0.4, 0.5) is 4.39 Å². The van der Waals surface area contributed by atoms with Crippen LogP contribution >= 0.6 is 0 Å². The van der Waals surface area contributed by atoms with Crippen LogP contribution in [0.15, 0.2) is 42.5 Å². The molecule has 1 aliphatic carbocycles. The third-order valence-electron chi connectivity index (χ3n) is 4.50. The maximum atomic E-state index is 13.9. The van der Waals surface area contributed by atoms with Gasteiger partial charge < -0.3 is 10.4 Å². The number of hydrogen-bond donors (Lipinski definition) is 2.